The normalized spacial score (nSPS) is 14.5. The van der Waals surface area contributed by atoms with Crippen molar-refractivity contribution in [1.29, 1.82) is 0 Å². The highest BCUT2D eigenvalue weighted by molar-refractivity contribution is 5.68. The van der Waals surface area contributed by atoms with Crippen LogP contribution in [0.25, 0.3) is 0 Å². The fourth-order valence-electron chi connectivity index (χ4n) is 4.03. The molecule has 0 spiro atoms. The number of carboxylic acids is 2. The van der Waals surface area contributed by atoms with Gasteiger partial charge in [0.25, 0.3) is 0 Å². The second kappa shape index (κ2) is 13.9. The second-order valence-corrected chi connectivity index (χ2v) is 8.15. The third-order valence-corrected chi connectivity index (χ3v) is 5.68. The highest BCUT2D eigenvalue weighted by atomic mass is 16.4. The zero-order chi connectivity index (χ0) is 24.1. The molecular weight excluding hydrogens is 422 g/mol. The summed E-state index contributed by atoms with van der Waals surface area (Å²) in [4.78, 5) is 33.3. The number of carbonyl (C=O) groups is 3. The Balaban J connectivity index is 0.000000248. The van der Waals surface area contributed by atoms with Crippen LogP contribution in [0.5, 0.6) is 0 Å². The topological polar surface area (TPSA) is 115 Å². The van der Waals surface area contributed by atoms with Crippen molar-refractivity contribution < 1.29 is 29.7 Å². The first-order chi connectivity index (χ1) is 15.9. The van der Waals surface area contributed by atoms with Crippen molar-refractivity contribution in [2.24, 2.45) is 0 Å². The summed E-state index contributed by atoms with van der Waals surface area (Å²) in [5, 5.41) is 26.1. The van der Waals surface area contributed by atoms with Crippen LogP contribution < -0.4 is 0 Å². The predicted octanol–water partition coefficient (Wildman–Crippen LogP) is 5.59. The van der Waals surface area contributed by atoms with E-state index in [-0.39, 0.29) is 18.9 Å². The highest BCUT2D eigenvalue weighted by Gasteiger charge is 2.31. The Bertz CT molecular complexity index is 879. The lowest BCUT2D eigenvalue weighted by Crippen LogP contribution is -2.39. The largest absolute Gasteiger partial charge is 0.481 e. The van der Waals surface area contributed by atoms with Gasteiger partial charge < -0.3 is 15.3 Å². The fraction of sp³-hybridized carbons (Fsp3) is 0.423. The van der Waals surface area contributed by atoms with Gasteiger partial charge in [-0.1, -0.05) is 80.3 Å². The van der Waals surface area contributed by atoms with E-state index in [9.17, 15) is 19.5 Å². The molecule has 3 rings (SSSR count). The molecule has 1 aliphatic rings. The summed E-state index contributed by atoms with van der Waals surface area (Å²) in [6.45, 7) is 0.548. The molecule has 0 aromatic heterocycles. The summed E-state index contributed by atoms with van der Waals surface area (Å²) in [5.74, 6) is -1.48. The first kappa shape index (κ1) is 25.9. The van der Waals surface area contributed by atoms with Gasteiger partial charge >= 0.3 is 18.0 Å². The van der Waals surface area contributed by atoms with Crippen LogP contribution >= 0.6 is 0 Å². The molecule has 0 saturated carbocycles. The van der Waals surface area contributed by atoms with E-state index in [4.69, 9.17) is 10.2 Å². The van der Waals surface area contributed by atoms with E-state index in [1.165, 1.54) is 10.5 Å². The Labute approximate surface area is 194 Å². The molecule has 0 fully saturated rings. The first-order valence-corrected chi connectivity index (χ1v) is 11.5. The van der Waals surface area contributed by atoms with Crippen LogP contribution in [0.4, 0.5) is 4.79 Å². The lowest BCUT2D eigenvalue weighted by atomic mass is 9.88. The summed E-state index contributed by atoms with van der Waals surface area (Å²) >= 11 is 0. The Morgan fingerprint density at radius 1 is 0.727 bits per heavy atom. The molecule has 7 heteroatoms. The van der Waals surface area contributed by atoms with Crippen LogP contribution in [-0.2, 0) is 16.0 Å². The summed E-state index contributed by atoms with van der Waals surface area (Å²) in [5.41, 5.74) is 3.37. The number of rotatable bonds is 10. The average molecular weight is 456 g/mol. The molecule has 3 N–H and O–H groups in total. The van der Waals surface area contributed by atoms with Gasteiger partial charge in [-0.3, -0.25) is 14.5 Å². The molecule has 1 amide bonds. The molecule has 0 saturated heterocycles. The molecule has 1 atom stereocenters. The molecule has 1 heterocycles. The van der Waals surface area contributed by atoms with Gasteiger partial charge in [0.15, 0.2) is 0 Å². The maximum atomic E-state index is 11.5. The van der Waals surface area contributed by atoms with Gasteiger partial charge in [-0.05, 0) is 36.0 Å². The lowest BCUT2D eigenvalue weighted by molar-refractivity contribution is -0.138. The predicted molar refractivity (Wildman–Crippen MR) is 125 cm³/mol. The third kappa shape index (κ3) is 8.96. The molecule has 7 nitrogen and oxygen atoms in total. The van der Waals surface area contributed by atoms with E-state index < -0.39 is 18.0 Å². The third-order valence-electron chi connectivity index (χ3n) is 5.68. The second-order valence-electron chi connectivity index (χ2n) is 8.15. The molecule has 2 aromatic rings. The zero-order valence-corrected chi connectivity index (χ0v) is 18.9. The zero-order valence-electron chi connectivity index (χ0n) is 18.9. The van der Waals surface area contributed by atoms with Crippen molar-refractivity contribution in [2.45, 2.75) is 63.8 Å². The maximum Gasteiger partial charge on any atom is 0.408 e. The van der Waals surface area contributed by atoms with Gasteiger partial charge in [0, 0.05) is 19.4 Å². The van der Waals surface area contributed by atoms with Crippen LogP contribution in [0.3, 0.4) is 0 Å². The first-order valence-electron chi connectivity index (χ1n) is 11.5. The Morgan fingerprint density at radius 2 is 1.24 bits per heavy atom. The summed E-state index contributed by atoms with van der Waals surface area (Å²) in [6.07, 6.45) is 5.75. The number of hydrogen-bond donors (Lipinski definition) is 3. The van der Waals surface area contributed by atoms with Crippen molar-refractivity contribution in [2.75, 3.05) is 6.54 Å². The van der Waals surface area contributed by atoms with Crippen molar-refractivity contribution >= 4 is 18.0 Å². The number of unbranched alkanes of at least 4 members (excludes halogenated alkanes) is 5. The minimum atomic E-state index is -0.858. The minimum absolute atomic E-state index is 0.191. The van der Waals surface area contributed by atoms with Crippen LogP contribution in [-0.4, -0.2) is 44.8 Å². The quantitative estimate of drug-likeness (QED) is 0.402. The lowest BCUT2D eigenvalue weighted by Gasteiger charge is -2.35. The molecule has 0 unspecified atom stereocenters. The summed E-state index contributed by atoms with van der Waals surface area (Å²) in [6, 6.07) is 17.7. The van der Waals surface area contributed by atoms with Crippen molar-refractivity contribution in [3.63, 3.8) is 0 Å². The molecule has 1 aliphatic heterocycles. The van der Waals surface area contributed by atoms with E-state index in [2.05, 4.69) is 6.07 Å². The number of fused-ring (bicyclic) bond motifs is 1. The molecule has 178 valence electrons. The molecule has 0 bridgehead atoms. The van der Waals surface area contributed by atoms with Gasteiger partial charge in [0.2, 0.25) is 0 Å². The number of carboxylic acid groups (broad SMARTS) is 3. The van der Waals surface area contributed by atoms with Crippen LogP contribution in [0, 0.1) is 0 Å². The number of hydrogen-bond acceptors (Lipinski definition) is 3. The molecule has 0 aliphatic carbocycles. The Hall–Kier alpha value is -3.35. The van der Waals surface area contributed by atoms with Gasteiger partial charge in [0.1, 0.15) is 0 Å². The van der Waals surface area contributed by atoms with Gasteiger partial charge in [-0.25, -0.2) is 4.79 Å². The molecular formula is C26H33NO6. The van der Waals surface area contributed by atoms with Crippen molar-refractivity contribution in [1.82, 2.24) is 4.90 Å². The fourth-order valence-corrected chi connectivity index (χ4v) is 4.03. The van der Waals surface area contributed by atoms with Gasteiger partial charge in [0.05, 0.1) is 6.04 Å². The van der Waals surface area contributed by atoms with Crippen LogP contribution in [0.15, 0.2) is 54.6 Å². The monoisotopic (exact) mass is 455 g/mol. The number of amides is 1. The van der Waals surface area contributed by atoms with E-state index >= 15 is 0 Å². The van der Waals surface area contributed by atoms with Gasteiger partial charge in [-0.15, -0.1) is 0 Å². The number of nitrogens with zero attached hydrogens (tertiary/aromatic N) is 1. The Morgan fingerprint density at radius 3 is 1.79 bits per heavy atom. The number of aliphatic carboxylic acids is 2. The average Bonchev–Trinajstić information content (AvgIpc) is 2.80. The highest BCUT2D eigenvalue weighted by Crippen LogP contribution is 2.34. The molecule has 0 radical (unpaired) electrons. The Kier molecular flexibility index (Phi) is 10.9. The van der Waals surface area contributed by atoms with E-state index in [0.29, 0.717) is 6.54 Å². The number of benzene rings is 2. The summed E-state index contributed by atoms with van der Waals surface area (Å²) < 4.78 is 0. The van der Waals surface area contributed by atoms with Crippen molar-refractivity contribution in [3.8, 4) is 0 Å². The van der Waals surface area contributed by atoms with Crippen LogP contribution in [0.2, 0.25) is 0 Å². The van der Waals surface area contributed by atoms with E-state index in [1.807, 2.05) is 48.5 Å². The van der Waals surface area contributed by atoms with Crippen molar-refractivity contribution in [3.05, 3.63) is 71.3 Å². The van der Waals surface area contributed by atoms with Crippen LogP contribution in [0.1, 0.15) is 74.1 Å². The molecule has 2 aromatic carbocycles. The van der Waals surface area contributed by atoms with Gasteiger partial charge in [-0.2, -0.15) is 0 Å². The summed E-state index contributed by atoms with van der Waals surface area (Å²) in [7, 11) is 0. The smallest absolute Gasteiger partial charge is 0.408 e. The standard InChI is InChI=1S/C16H15NO2.C10H18O4/c18-16(19)17-11-10-12-6-4-5-9-14(12)15(17)13-7-2-1-3-8-13;11-9(12)7-5-3-1-2-4-6-8-10(13)14/h1-9,15H,10-11H2,(H,18,19);1-8H2,(H,11,12)(H,13,14)/t15-;/m1./s1. The maximum absolute atomic E-state index is 11.5. The SMILES string of the molecule is O=C(O)CCCCCCCCC(=O)O.O=C(O)N1CCc2ccccc2[C@H]1c1ccccc1. The van der Waals surface area contributed by atoms with E-state index in [0.717, 1.165) is 56.1 Å². The molecule has 33 heavy (non-hydrogen) atoms. The van der Waals surface area contributed by atoms with E-state index in [1.54, 1.807) is 0 Å². The minimum Gasteiger partial charge on any atom is -0.481 e.